The molecule has 0 rings (SSSR count). The Kier molecular flexibility index (Phi) is 6.29. The summed E-state index contributed by atoms with van der Waals surface area (Å²) in [5.74, 6) is -0.912. The fourth-order valence-corrected chi connectivity index (χ4v) is 0.105. The molecule has 0 aliphatic rings. The van der Waals surface area contributed by atoms with E-state index in [1.165, 1.54) is 0 Å². The van der Waals surface area contributed by atoms with Gasteiger partial charge in [0, 0.05) is 6.92 Å². The van der Waals surface area contributed by atoms with E-state index in [0.717, 1.165) is 6.92 Å². The summed E-state index contributed by atoms with van der Waals surface area (Å²) >= 11 is 0. The molecule has 0 saturated carbocycles. The van der Waals surface area contributed by atoms with Crippen LogP contribution in [-0.2, 0) is 32.0 Å². The van der Waals surface area contributed by atoms with Crippen LogP contribution in [0.15, 0.2) is 0 Å². The minimum absolute atomic E-state index is 0. The third-order valence-electron chi connectivity index (χ3n) is 0.203. The Hall–Kier alpha value is -0.390. The smallest absolute Gasteiger partial charge is 0.269 e. The maximum absolute atomic E-state index is 9.59. The molecule has 0 radical (unpaired) electrons. The summed E-state index contributed by atoms with van der Waals surface area (Å²) in [5.41, 5.74) is 0. The average Bonchev–Trinajstić information content (AvgIpc) is 1.27. The van der Waals surface area contributed by atoms with Gasteiger partial charge in [0.05, 0.1) is 0 Å². The molecule has 0 heterocycles. The van der Waals surface area contributed by atoms with Crippen molar-refractivity contribution in [1.29, 1.82) is 0 Å². The molecule has 0 fully saturated rings. The first-order valence-electron chi connectivity index (χ1n) is 1.46. The van der Waals surface area contributed by atoms with E-state index in [2.05, 4.69) is 4.84 Å². The van der Waals surface area contributed by atoms with Crippen LogP contribution in [0.25, 0.3) is 0 Å². The van der Waals surface area contributed by atoms with Crippen molar-refractivity contribution >= 4 is 5.97 Å². The zero-order chi connectivity index (χ0) is 5.86. The first kappa shape index (κ1) is 10.6. The van der Waals surface area contributed by atoms with Crippen LogP contribution >= 0.6 is 0 Å². The predicted octanol–water partition coefficient (Wildman–Crippen LogP) is -0.261. The van der Waals surface area contributed by atoms with Crippen LogP contribution in [0.4, 0.5) is 0 Å². The van der Waals surface area contributed by atoms with E-state index in [1.54, 1.807) is 0 Å². The number of rotatable bonds is 1. The van der Waals surface area contributed by atoms with Crippen molar-refractivity contribution in [2.24, 2.45) is 0 Å². The largest absolute Gasteiger partial charge is 1.00 e. The average molecular weight is 213 g/mol. The van der Waals surface area contributed by atoms with Crippen LogP contribution in [0.2, 0.25) is 0 Å². The molecular weight excluding hydrogens is 210 g/mol. The summed E-state index contributed by atoms with van der Waals surface area (Å²) in [4.78, 5) is 22.1. The molecule has 0 aromatic carbocycles. The van der Waals surface area contributed by atoms with E-state index in [9.17, 15) is 14.9 Å². The molecule has 0 spiro atoms. The molecule has 0 amide bonds. The summed E-state index contributed by atoms with van der Waals surface area (Å²) in [6, 6.07) is 0. The Bertz CT molecular complexity index is 90.2. The topological polar surface area (TPSA) is 69.4 Å². The van der Waals surface area contributed by atoms with Crippen molar-refractivity contribution in [3.05, 3.63) is 10.1 Å². The minimum Gasteiger partial charge on any atom is -0.269 e. The summed E-state index contributed by atoms with van der Waals surface area (Å²) in [6.45, 7) is 0.961. The molecule has 0 atom stereocenters. The molecule has 0 bridgehead atoms. The predicted molar refractivity (Wildman–Crippen MR) is 18.8 cm³/mol. The van der Waals surface area contributed by atoms with Crippen molar-refractivity contribution in [3.8, 4) is 0 Å². The van der Waals surface area contributed by atoms with Gasteiger partial charge in [0.1, 0.15) is 0 Å². The van der Waals surface area contributed by atoms with Gasteiger partial charge in [0.2, 0.25) is 0 Å². The second-order valence-corrected chi connectivity index (χ2v) is 0.806. The molecule has 8 heavy (non-hydrogen) atoms. The van der Waals surface area contributed by atoms with Gasteiger partial charge in [-0.2, -0.15) is 0 Å². The quantitative estimate of drug-likeness (QED) is 0.341. The zero-order valence-corrected chi connectivity index (χ0v) is 5.36. The Morgan fingerprint density at radius 1 is 1.75 bits per heavy atom. The molecule has 0 unspecified atom stereocenters. The van der Waals surface area contributed by atoms with Gasteiger partial charge in [-0.15, -0.1) is 10.1 Å². The molecule has 5 nitrogen and oxygen atoms in total. The van der Waals surface area contributed by atoms with Crippen LogP contribution in [0.1, 0.15) is 6.92 Å². The first-order valence-corrected chi connectivity index (χ1v) is 1.46. The van der Waals surface area contributed by atoms with E-state index in [4.69, 9.17) is 0 Å². The van der Waals surface area contributed by atoms with Crippen molar-refractivity contribution in [2.75, 3.05) is 0 Å². The molecule has 0 aromatic rings. The monoisotopic (exact) mass is 212 g/mol. The van der Waals surface area contributed by atoms with E-state index in [-0.39, 0.29) is 22.4 Å². The van der Waals surface area contributed by atoms with Gasteiger partial charge in [-0.1, -0.05) is 0 Å². The molecule has 0 aromatic heterocycles. The van der Waals surface area contributed by atoms with E-state index < -0.39 is 11.1 Å². The van der Waals surface area contributed by atoms with Crippen molar-refractivity contribution in [1.82, 2.24) is 0 Å². The molecule has 0 saturated heterocycles. The Labute approximate surface area is 60.6 Å². The summed E-state index contributed by atoms with van der Waals surface area (Å²) in [7, 11) is 0. The summed E-state index contributed by atoms with van der Waals surface area (Å²) in [5, 5.41) is 8.02. The van der Waals surface area contributed by atoms with Gasteiger partial charge >= 0.3 is 33.4 Å². The number of carbonyl (C=O) groups excluding carboxylic acids is 1. The van der Waals surface area contributed by atoms with Gasteiger partial charge in [-0.3, -0.25) is 4.79 Å². The minimum atomic E-state index is -1.15. The maximum Gasteiger partial charge on any atom is 1.00 e. The maximum atomic E-state index is 9.59. The third-order valence-corrected chi connectivity index (χ3v) is 0.203. The molecule has 0 aliphatic carbocycles. The molecule has 6 heteroatoms. The number of carbonyl (C=O) groups is 1. The number of hydrogen-bond donors (Lipinski definition) is 0. The van der Waals surface area contributed by atoms with Crippen molar-refractivity contribution in [3.63, 3.8) is 0 Å². The van der Waals surface area contributed by atoms with E-state index in [1.807, 2.05) is 0 Å². The second-order valence-electron chi connectivity index (χ2n) is 0.806. The number of hydrogen-bond acceptors (Lipinski definition) is 4. The van der Waals surface area contributed by atoms with E-state index in [0.29, 0.717) is 0 Å². The van der Waals surface area contributed by atoms with Crippen LogP contribution in [0.5, 0.6) is 0 Å². The van der Waals surface area contributed by atoms with Crippen molar-refractivity contribution < 1.29 is 37.1 Å². The van der Waals surface area contributed by atoms with Gasteiger partial charge in [0.15, 0.2) is 0 Å². The molecule has 50 valence electrons. The second kappa shape index (κ2) is 4.76. The van der Waals surface area contributed by atoms with Gasteiger partial charge < -0.3 is 0 Å². The standard InChI is InChI=1S/C2H3NO4.Ag/c1-2(4)7-3(5)6;/h1H3;/q;+1. The zero-order valence-electron chi connectivity index (χ0n) is 3.88. The van der Waals surface area contributed by atoms with Crippen molar-refractivity contribution in [2.45, 2.75) is 6.92 Å². The Morgan fingerprint density at radius 2 is 2.12 bits per heavy atom. The Balaban J connectivity index is 0. The normalized spacial score (nSPS) is 6.62. The molecule has 0 aliphatic heterocycles. The fraction of sp³-hybridized carbons (Fsp3) is 0.500. The molecule has 0 N–H and O–H groups in total. The first-order chi connectivity index (χ1) is 3.13. The fourth-order valence-electron chi connectivity index (χ4n) is 0.105. The SMILES string of the molecule is CC(=O)O[N+](=O)[O-].[Ag+]. The van der Waals surface area contributed by atoms with Crippen LogP contribution in [0.3, 0.4) is 0 Å². The summed E-state index contributed by atoms with van der Waals surface area (Å²) < 4.78 is 0. The van der Waals surface area contributed by atoms with Gasteiger partial charge in [0.25, 0.3) is 0 Å². The van der Waals surface area contributed by atoms with Gasteiger partial charge in [-0.25, -0.2) is 4.84 Å². The third kappa shape index (κ3) is 9.15. The van der Waals surface area contributed by atoms with Crippen LogP contribution in [0, 0.1) is 10.1 Å². The van der Waals surface area contributed by atoms with Crippen LogP contribution in [-0.4, -0.2) is 11.1 Å². The summed E-state index contributed by atoms with van der Waals surface area (Å²) in [6.07, 6.45) is 0. The molecular formula is C2H3AgNO4+. The van der Waals surface area contributed by atoms with Crippen LogP contribution < -0.4 is 0 Å². The van der Waals surface area contributed by atoms with Gasteiger partial charge in [-0.05, 0) is 0 Å². The number of nitrogens with zero attached hydrogens (tertiary/aromatic N) is 1. The Morgan fingerprint density at radius 3 is 2.12 bits per heavy atom. The van der Waals surface area contributed by atoms with E-state index >= 15 is 0 Å².